The van der Waals surface area contributed by atoms with Crippen LogP contribution in [0, 0.1) is 0 Å². The molecule has 2 nitrogen and oxygen atoms in total. The van der Waals surface area contributed by atoms with E-state index in [-0.39, 0.29) is 0 Å². The third-order valence-corrected chi connectivity index (χ3v) is 5.28. The molecule has 1 N–H and O–H groups in total. The number of hydrogen-bond acceptors (Lipinski definition) is 3. The molecule has 20 heavy (non-hydrogen) atoms. The van der Waals surface area contributed by atoms with E-state index in [2.05, 4.69) is 46.8 Å². The molecule has 1 aromatic carbocycles. The number of rotatable bonds is 5. The van der Waals surface area contributed by atoms with Crippen LogP contribution < -0.4 is 5.32 Å². The van der Waals surface area contributed by atoms with E-state index in [0.717, 1.165) is 13.1 Å². The minimum absolute atomic E-state index is 0.605. The second kappa shape index (κ2) is 6.70. The SMILES string of the molecule is CCCC[C@@H](c1csc2ccccc12)N1CCNCC1. The van der Waals surface area contributed by atoms with E-state index in [1.54, 1.807) is 5.56 Å². The highest BCUT2D eigenvalue weighted by Gasteiger charge is 2.23. The molecule has 1 fully saturated rings. The number of benzene rings is 1. The maximum Gasteiger partial charge on any atom is 0.0363 e. The van der Waals surface area contributed by atoms with Gasteiger partial charge in [-0.15, -0.1) is 11.3 Å². The lowest BCUT2D eigenvalue weighted by atomic mass is 9.98. The Hall–Kier alpha value is -0.900. The molecule has 2 aromatic rings. The smallest absolute Gasteiger partial charge is 0.0363 e. The van der Waals surface area contributed by atoms with E-state index in [4.69, 9.17) is 0 Å². The summed E-state index contributed by atoms with van der Waals surface area (Å²) in [5.74, 6) is 0. The third-order valence-electron chi connectivity index (χ3n) is 4.29. The molecule has 0 unspecified atom stereocenters. The molecule has 108 valence electrons. The van der Waals surface area contributed by atoms with Gasteiger partial charge in [-0.05, 0) is 28.8 Å². The van der Waals surface area contributed by atoms with Crippen molar-refractivity contribution in [3.8, 4) is 0 Å². The van der Waals surface area contributed by atoms with Gasteiger partial charge in [0, 0.05) is 36.9 Å². The Morgan fingerprint density at radius 1 is 1.25 bits per heavy atom. The molecule has 0 saturated carbocycles. The van der Waals surface area contributed by atoms with Crippen LogP contribution >= 0.6 is 11.3 Å². The summed E-state index contributed by atoms with van der Waals surface area (Å²) in [5.41, 5.74) is 1.56. The second-order valence-corrected chi connectivity index (χ2v) is 6.54. The molecule has 1 aliphatic rings. The fraction of sp³-hybridized carbons (Fsp3) is 0.529. The van der Waals surface area contributed by atoms with E-state index in [9.17, 15) is 0 Å². The fourth-order valence-corrected chi connectivity index (χ4v) is 4.19. The van der Waals surface area contributed by atoms with Gasteiger partial charge in [-0.2, -0.15) is 0 Å². The molecule has 1 saturated heterocycles. The van der Waals surface area contributed by atoms with Crippen LogP contribution in [0.3, 0.4) is 0 Å². The zero-order valence-electron chi connectivity index (χ0n) is 12.3. The van der Waals surface area contributed by atoms with Gasteiger partial charge in [0.25, 0.3) is 0 Å². The van der Waals surface area contributed by atoms with E-state index < -0.39 is 0 Å². The average molecular weight is 288 g/mol. The van der Waals surface area contributed by atoms with Crippen molar-refractivity contribution < 1.29 is 0 Å². The van der Waals surface area contributed by atoms with Crippen molar-refractivity contribution in [2.24, 2.45) is 0 Å². The number of nitrogens with zero attached hydrogens (tertiary/aromatic N) is 1. The van der Waals surface area contributed by atoms with Crippen LogP contribution in [0.1, 0.15) is 37.8 Å². The van der Waals surface area contributed by atoms with Crippen LogP contribution in [-0.2, 0) is 0 Å². The first-order chi connectivity index (χ1) is 9.90. The summed E-state index contributed by atoms with van der Waals surface area (Å²) in [6.07, 6.45) is 3.89. The maximum absolute atomic E-state index is 3.47. The Morgan fingerprint density at radius 2 is 2.05 bits per heavy atom. The normalized spacial score (nSPS) is 18.4. The monoisotopic (exact) mass is 288 g/mol. The van der Waals surface area contributed by atoms with Crippen molar-refractivity contribution in [2.45, 2.75) is 32.2 Å². The molecule has 0 radical (unpaired) electrons. The highest BCUT2D eigenvalue weighted by molar-refractivity contribution is 7.17. The van der Waals surface area contributed by atoms with Crippen LogP contribution in [0.15, 0.2) is 29.6 Å². The van der Waals surface area contributed by atoms with Crippen LogP contribution in [0.4, 0.5) is 0 Å². The molecule has 0 bridgehead atoms. The summed E-state index contributed by atoms with van der Waals surface area (Å²) in [5, 5.41) is 7.33. The Bertz CT molecular complexity index is 543. The van der Waals surface area contributed by atoms with Crippen molar-refractivity contribution in [2.75, 3.05) is 26.2 Å². The minimum atomic E-state index is 0.605. The number of piperazine rings is 1. The zero-order valence-corrected chi connectivity index (χ0v) is 13.1. The number of hydrogen-bond donors (Lipinski definition) is 1. The average Bonchev–Trinajstić information content (AvgIpc) is 2.93. The Kier molecular flexibility index (Phi) is 4.71. The van der Waals surface area contributed by atoms with Crippen molar-refractivity contribution in [1.82, 2.24) is 10.2 Å². The van der Waals surface area contributed by atoms with Gasteiger partial charge in [0.05, 0.1) is 0 Å². The minimum Gasteiger partial charge on any atom is -0.314 e. The maximum atomic E-state index is 3.47. The fourth-order valence-electron chi connectivity index (χ4n) is 3.18. The molecular formula is C17H24N2S. The topological polar surface area (TPSA) is 15.3 Å². The first kappa shape index (κ1) is 14.1. The molecule has 1 aromatic heterocycles. The third kappa shape index (κ3) is 2.90. The summed E-state index contributed by atoms with van der Waals surface area (Å²) >= 11 is 1.90. The van der Waals surface area contributed by atoms with Gasteiger partial charge < -0.3 is 5.32 Å². The van der Waals surface area contributed by atoms with E-state index >= 15 is 0 Å². The summed E-state index contributed by atoms with van der Waals surface area (Å²) in [7, 11) is 0. The van der Waals surface area contributed by atoms with E-state index in [1.165, 1.54) is 42.4 Å². The van der Waals surface area contributed by atoms with E-state index in [1.807, 2.05) is 11.3 Å². The quantitative estimate of drug-likeness (QED) is 0.893. The van der Waals surface area contributed by atoms with Gasteiger partial charge in [-0.25, -0.2) is 0 Å². The first-order valence-electron chi connectivity index (χ1n) is 7.81. The zero-order chi connectivity index (χ0) is 13.8. The van der Waals surface area contributed by atoms with Crippen molar-refractivity contribution in [3.63, 3.8) is 0 Å². The number of thiophene rings is 1. The molecule has 1 aliphatic heterocycles. The predicted octanol–water partition coefficient (Wildman–Crippen LogP) is 4.04. The van der Waals surface area contributed by atoms with E-state index in [0.29, 0.717) is 6.04 Å². The molecule has 2 heterocycles. The Morgan fingerprint density at radius 3 is 2.85 bits per heavy atom. The molecule has 0 aliphatic carbocycles. The van der Waals surface area contributed by atoms with Crippen molar-refractivity contribution in [1.29, 1.82) is 0 Å². The second-order valence-electron chi connectivity index (χ2n) is 5.63. The highest BCUT2D eigenvalue weighted by Crippen LogP contribution is 2.35. The lowest BCUT2D eigenvalue weighted by Gasteiger charge is -2.35. The predicted molar refractivity (Wildman–Crippen MR) is 88.5 cm³/mol. The number of unbranched alkanes of at least 4 members (excludes halogenated alkanes) is 1. The van der Waals surface area contributed by atoms with Gasteiger partial charge in [-0.3, -0.25) is 4.90 Å². The van der Waals surface area contributed by atoms with Gasteiger partial charge >= 0.3 is 0 Å². The summed E-state index contributed by atoms with van der Waals surface area (Å²) in [6.45, 7) is 6.91. The molecule has 1 atom stereocenters. The largest absolute Gasteiger partial charge is 0.314 e. The van der Waals surface area contributed by atoms with Crippen LogP contribution in [0.2, 0.25) is 0 Å². The molecule has 0 spiro atoms. The molecule has 3 rings (SSSR count). The lowest BCUT2D eigenvalue weighted by Crippen LogP contribution is -2.45. The summed E-state index contributed by atoms with van der Waals surface area (Å²) in [6, 6.07) is 9.47. The molecular weight excluding hydrogens is 264 g/mol. The Balaban J connectivity index is 1.90. The van der Waals surface area contributed by atoms with Crippen LogP contribution in [-0.4, -0.2) is 31.1 Å². The number of nitrogens with one attached hydrogen (secondary N) is 1. The van der Waals surface area contributed by atoms with Crippen LogP contribution in [0.5, 0.6) is 0 Å². The lowest BCUT2D eigenvalue weighted by molar-refractivity contribution is 0.164. The van der Waals surface area contributed by atoms with Gasteiger partial charge in [-0.1, -0.05) is 38.0 Å². The van der Waals surface area contributed by atoms with Gasteiger partial charge in [0.15, 0.2) is 0 Å². The molecule has 0 amide bonds. The highest BCUT2D eigenvalue weighted by atomic mass is 32.1. The van der Waals surface area contributed by atoms with Crippen molar-refractivity contribution >= 4 is 21.4 Å². The Labute approximate surface area is 125 Å². The number of fused-ring (bicyclic) bond motifs is 1. The summed E-state index contributed by atoms with van der Waals surface area (Å²) < 4.78 is 1.43. The van der Waals surface area contributed by atoms with Crippen molar-refractivity contribution in [3.05, 3.63) is 35.2 Å². The summed E-state index contributed by atoms with van der Waals surface area (Å²) in [4.78, 5) is 2.68. The van der Waals surface area contributed by atoms with Crippen LogP contribution in [0.25, 0.3) is 10.1 Å². The first-order valence-corrected chi connectivity index (χ1v) is 8.69. The van der Waals surface area contributed by atoms with Gasteiger partial charge in [0.1, 0.15) is 0 Å². The standard InChI is InChI=1S/C17H24N2S/c1-2-3-7-16(19-11-9-18-10-12-19)15-13-20-17-8-5-4-6-14(15)17/h4-6,8,13,16,18H,2-3,7,9-12H2,1H3/t16-/m0/s1. The molecule has 3 heteroatoms. The van der Waals surface area contributed by atoms with Gasteiger partial charge in [0.2, 0.25) is 0 Å².